The maximum atomic E-state index is 11.5. The number of hydrogen-bond acceptors (Lipinski definition) is 4. The molecule has 0 radical (unpaired) electrons. The van der Waals surface area contributed by atoms with Crippen LogP contribution >= 0.6 is 11.8 Å². The molecule has 0 saturated heterocycles. The molecule has 0 bridgehead atoms. The van der Waals surface area contributed by atoms with E-state index in [4.69, 9.17) is 4.74 Å². The third-order valence-corrected chi connectivity index (χ3v) is 2.88. The molecule has 1 rings (SSSR count). The fourth-order valence-corrected chi connectivity index (χ4v) is 2.04. The van der Waals surface area contributed by atoms with Crippen molar-refractivity contribution in [1.82, 2.24) is 9.97 Å². The van der Waals surface area contributed by atoms with E-state index in [0.29, 0.717) is 12.3 Å². The van der Waals surface area contributed by atoms with Crippen LogP contribution in [0.5, 0.6) is 0 Å². The van der Waals surface area contributed by atoms with Crippen molar-refractivity contribution in [2.75, 3.05) is 18.6 Å². The van der Waals surface area contributed by atoms with Gasteiger partial charge in [0.05, 0.1) is 18.6 Å². The quantitative estimate of drug-likeness (QED) is 0.784. The van der Waals surface area contributed by atoms with Crippen molar-refractivity contribution >= 4 is 17.7 Å². The first-order valence-corrected chi connectivity index (χ1v) is 6.29. The first-order valence-electron chi connectivity index (χ1n) is 4.90. The fourth-order valence-electron chi connectivity index (χ4n) is 1.38. The molecule has 0 fully saturated rings. The van der Waals surface area contributed by atoms with Gasteiger partial charge in [-0.25, -0.2) is 9.78 Å². The number of esters is 1. The minimum atomic E-state index is -0.346. The molecule has 0 aromatic carbocycles. The molecule has 1 heterocycles. The van der Waals surface area contributed by atoms with Gasteiger partial charge in [0.15, 0.2) is 5.69 Å². The van der Waals surface area contributed by atoms with Gasteiger partial charge < -0.3 is 9.72 Å². The molecular formula is C10H16N2O2S. The minimum Gasteiger partial charge on any atom is -0.461 e. The molecule has 1 aromatic rings. The predicted octanol–water partition coefficient (Wildman–Crippen LogP) is 2.05. The van der Waals surface area contributed by atoms with Gasteiger partial charge in [0, 0.05) is 11.7 Å². The van der Waals surface area contributed by atoms with E-state index in [1.165, 1.54) is 0 Å². The van der Waals surface area contributed by atoms with E-state index in [1.807, 2.05) is 6.26 Å². The third kappa shape index (κ3) is 2.99. The summed E-state index contributed by atoms with van der Waals surface area (Å²) in [4.78, 5) is 18.5. The van der Waals surface area contributed by atoms with Crippen LogP contribution in [0.3, 0.4) is 0 Å². The summed E-state index contributed by atoms with van der Waals surface area (Å²) in [6, 6.07) is 0. The van der Waals surface area contributed by atoms with Gasteiger partial charge in [-0.1, -0.05) is 6.92 Å². The largest absolute Gasteiger partial charge is 0.461 e. The molecule has 0 saturated carbocycles. The maximum Gasteiger partial charge on any atom is 0.358 e. The van der Waals surface area contributed by atoms with Crippen molar-refractivity contribution in [2.45, 2.75) is 19.8 Å². The van der Waals surface area contributed by atoms with Crippen LogP contribution in [-0.4, -0.2) is 34.6 Å². The molecule has 5 heteroatoms. The standard InChI is InChI=1S/C10H16N2O2S/c1-4-14-10(13)9-8(11-6-12-9)7(2)5-15-3/h6-7H,4-5H2,1-3H3,(H,11,12). The highest BCUT2D eigenvalue weighted by Gasteiger charge is 2.19. The molecule has 0 aliphatic carbocycles. The molecule has 4 nitrogen and oxygen atoms in total. The van der Waals surface area contributed by atoms with Gasteiger partial charge in [-0.15, -0.1) is 0 Å². The first-order chi connectivity index (χ1) is 7.20. The number of H-pyrrole nitrogens is 1. The van der Waals surface area contributed by atoms with Crippen LogP contribution in [0.4, 0.5) is 0 Å². The summed E-state index contributed by atoms with van der Waals surface area (Å²) in [7, 11) is 0. The van der Waals surface area contributed by atoms with Crippen LogP contribution in [-0.2, 0) is 4.74 Å². The lowest BCUT2D eigenvalue weighted by atomic mass is 10.1. The molecule has 1 aromatic heterocycles. The van der Waals surface area contributed by atoms with Crippen molar-refractivity contribution in [3.8, 4) is 0 Å². The average molecular weight is 228 g/mol. The molecule has 0 aliphatic heterocycles. The number of carbonyl (C=O) groups is 1. The van der Waals surface area contributed by atoms with Gasteiger partial charge in [0.25, 0.3) is 0 Å². The number of aromatic amines is 1. The summed E-state index contributed by atoms with van der Waals surface area (Å²) < 4.78 is 4.93. The minimum absolute atomic E-state index is 0.280. The first kappa shape index (κ1) is 12.1. The van der Waals surface area contributed by atoms with Crippen LogP contribution in [0.1, 0.15) is 35.9 Å². The molecule has 84 valence electrons. The zero-order chi connectivity index (χ0) is 11.3. The number of aromatic nitrogens is 2. The smallest absolute Gasteiger partial charge is 0.358 e. The maximum absolute atomic E-state index is 11.5. The molecular weight excluding hydrogens is 212 g/mol. The zero-order valence-electron chi connectivity index (χ0n) is 9.24. The molecule has 0 spiro atoms. The summed E-state index contributed by atoms with van der Waals surface area (Å²) in [6.07, 6.45) is 3.58. The number of rotatable bonds is 5. The Morgan fingerprint density at radius 2 is 2.47 bits per heavy atom. The number of imidazole rings is 1. The van der Waals surface area contributed by atoms with Crippen LogP contribution in [0.25, 0.3) is 0 Å². The number of hydrogen-bond donors (Lipinski definition) is 1. The van der Waals surface area contributed by atoms with Crippen molar-refractivity contribution in [2.24, 2.45) is 0 Å². The molecule has 1 unspecified atom stereocenters. The molecule has 1 N–H and O–H groups in total. The molecule has 0 amide bonds. The highest BCUT2D eigenvalue weighted by molar-refractivity contribution is 7.98. The van der Waals surface area contributed by atoms with Crippen molar-refractivity contribution < 1.29 is 9.53 Å². The van der Waals surface area contributed by atoms with Gasteiger partial charge in [-0.05, 0) is 13.2 Å². The second-order valence-electron chi connectivity index (χ2n) is 3.24. The Morgan fingerprint density at radius 1 is 1.73 bits per heavy atom. The predicted molar refractivity (Wildman–Crippen MR) is 61.3 cm³/mol. The lowest BCUT2D eigenvalue weighted by Crippen LogP contribution is -2.10. The normalized spacial score (nSPS) is 12.5. The second kappa shape index (κ2) is 5.80. The zero-order valence-corrected chi connectivity index (χ0v) is 10.1. The van der Waals surface area contributed by atoms with E-state index < -0.39 is 0 Å². The number of thioether (sulfide) groups is 1. The molecule has 15 heavy (non-hydrogen) atoms. The Balaban J connectivity index is 2.81. The van der Waals surface area contributed by atoms with Crippen molar-refractivity contribution in [1.29, 1.82) is 0 Å². The lowest BCUT2D eigenvalue weighted by molar-refractivity contribution is 0.0518. The summed E-state index contributed by atoms with van der Waals surface area (Å²) >= 11 is 1.74. The SMILES string of the molecule is CCOC(=O)c1nc[nH]c1C(C)CSC. The van der Waals surface area contributed by atoms with Crippen LogP contribution in [0.15, 0.2) is 6.33 Å². The van der Waals surface area contributed by atoms with Crippen LogP contribution in [0, 0.1) is 0 Å². The monoisotopic (exact) mass is 228 g/mol. The van der Waals surface area contributed by atoms with Crippen LogP contribution in [0.2, 0.25) is 0 Å². The number of nitrogens with zero attached hydrogens (tertiary/aromatic N) is 1. The molecule has 1 atom stereocenters. The van der Waals surface area contributed by atoms with E-state index >= 15 is 0 Å². The topological polar surface area (TPSA) is 55.0 Å². The van der Waals surface area contributed by atoms with Gasteiger partial charge in [-0.2, -0.15) is 11.8 Å². The Morgan fingerprint density at radius 3 is 3.07 bits per heavy atom. The summed E-state index contributed by atoms with van der Waals surface area (Å²) in [6.45, 7) is 4.23. The fraction of sp³-hybridized carbons (Fsp3) is 0.600. The van der Waals surface area contributed by atoms with Crippen molar-refractivity contribution in [3.63, 3.8) is 0 Å². The average Bonchev–Trinajstić information content (AvgIpc) is 2.66. The summed E-state index contributed by atoms with van der Waals surface area (Å²) in [5.41, 5.74) is 1.28. The summed E-state index contributed by atoms with van der Waals surface area (Å²) in [5.74, 6) is 0.887. The highest BCUT2D eigenvalue weighted by atomic mass is 32.2. The van der Waals surface area contributed by atoms with E-state index in [1.54, 1.807) is 25.0 Å². The highest BCUT2D eigenvalue weighted by Crippen LogP contribution is 2.20. The van der Waals surface area contributed by atoms with E-state index in [9.17, 15) is 4.79 Å². The van der Waals surface area contributed by atoms with Gasteiger partial charge >= 0.3 is 5.97 Å². The summed E-state index contributed by atoms with van der Waals surface area (Å²) in [5, 5.41) is 0. The Kier molecular flexibility index (Phi) is 4.68. The number of carbonyl (C=O) groups excluding carboxylic acids is 1. The Bertz CT molecular complexity index is 325. The van der Waals surface area contributed by atoms with Gasteiger partial charge in [0.2, 0.25) is 0 Å². The van der Waals surface area contributed by atoms with Crippen LogP contribution < -0.4 is 0 Å². The lowest BCUT2D eigenvalue weighted by Gasteiger charge is -2.09. The third-order valence-electron chi connectivity index (χ3n) is 2.05. The van der Waals surface area contributed by atoms with Gasteiger partial charge in [0.1, 0.15) is 0 Å². The Labute approximate surface area is 93.8 Å². The van der Waals surface area contributed by atoms with E-state index in [-0.39, 0.29) is 11.9 Å². The number of nitrogens with one attached hydrogen (secondary N) is 1. The number of ether oxygens (including phenoxy) is 1. The van der Waals surface area contributed by atoms with E-state index in [2.05, 4.69) is 16.9 Å². The van der Waals surface area contributed by atoms with Crippen molar-refractivity contribution in [3.05, 3.63) is 17.7 Å². The molecule has 0 aliphatic rings. The second-order valence-corrected chi connectivity index (χ2v) is 4.15. The van der Waals surface area contributed by atoms with Gasteiger partial charge in [-0.3, -0.25) is 0 Å². The van der Waals surface area contributed by atoms with E-state index in [0.717, 1.165) is 11.4 Å². The Hall–Kier alpha value is -0.970.